The van der Waals surface area contributed by atoms with E-state index in [2.05, 4.69) is 10.4 Å². The zero-order valence-electron chi connectivity index (χ0n) is 14.6. The van der Waals surface area contributed by atoms with Crippen LogP contribution in [0.5, 0.6) is 0 Å². The van der Waals surface area contributed by atoms with Gasteiger partial charge in [0, 0.05) is 18.1 Å². The maximum absolute atomic E-state index is 13.0. The van der Waals surface area contributed by atoms with Gasteiger partial charge in [-0.05, 0) is 30.7 Å². The average Bonchev–Trinajstić information content (AvgIpc) is 2.60. The summed E-state index contributed by atoms with van der Waals surface area (Å²) in [7, 11) is 1.48. The number of fused-ring (bicyclic) bond motifs is 1. The number of amides is 1. The predicted molar refractivity (Wildman–Crippen MR) is 95.5 cm³/mol. The summed E-state index contributed by atoms with van der Waals surface area (Å²) < 4.78 is 40.2. The smallest absolute Gasteiger partial charge is 0.326 e. The van der Waals surface area contributed by atoms with Crippen LogP contribution in [0.4, 0.5) is 18.9 Å². The highest BCUT2D eigenvalue weighted by atomic mass is 19.4. The van der Waals surface area contributed by atoms with Crippen LogP contribution in [0.2, 0.25) is 0 Å². The fourth-order valence-electron chi connectivity index (χ4n) is 2.87. The van der Waals surface area contributed by atoms with E-state index in [9.17, 15) is 22.8 Å². The maximum Gasteiger partial charge on any atom is 0.416 e. The Morgan fingerprint density at radius 3 is 2.48 bits per heavy atom. The summed E-state index contributed by atoms with van der Waals surface area (Å²) in [5, 5.41) is 7.54. The minimum absolute atomic E-state index is 0.0482. The van der Waals surface area contributed by atoms with Crippen molar-refractivity contribution in [3.63, 3.8) is 0 Å². The number of nitrogens with zero attached hydrogens (tertiary/aromatic N) is 2. The largest absolute Gasteiger partial charge is 0.416 e. The molecule has 0 unspecified atom stereocenters. The highest BCUT2D eigenvalue weighted by Crippen LogP contribution is 2.33. The maximum atomic E-state index is 13.0. The summed E-state index contributed by atoms with van der Waals surface area (Å²) in [5.41, 5.74) is -0.597. The van der Waals surface area contributed by atoms with Gasteiger partial charge in [0.2, 0.25) is 5.91 Å². The van der Waals surface area contributed by atoms with Gasteiger partial charge in [0.25, 0.3) is 5.56 Å². The molecule has 0 aliphatic carbocycles. The lowest BCUT2D eigenvalue weighted by Gasteiger charge is -2.13. The minimum atomic E-state index is -4.50. The first kappa shape index (κ1) is 18.6. The third-order valence-electron chi connectivity index (χ3n) is 4.19. The quantitative estimate of drug-likeness (QED) is 0.763. The number of aryl methyl sites for hydroxylation is 2. The number of benzene rings is 2. The predicted octanol–water partition coefficient (Wildman–Crippen LogP) is 3.44. The van der Waals surface area contributed by atoms with Gasteiger partial charge in [0.15, 0.2) is 0 Å². The molecule has 0 fully saturated rings. The summed E-state index contributed by atoms with van der Waals surface area (Å²) >= 11 is 0. The SMILES string of the molecule is Cc1ccc(NC(=O)Cc2nn(C)c(=O)c3ccccc23)cc1C(F)(F)F. The second kappa shape index (κ2) is 6.86. The van der Waals surface area contributed by atoms with Crippen LogP contribution in [-0.4, -0.2) is 15.7 Å². The molecular formula is C19H16F3N3O2. The molecule has 0 atom stereocenters. The Kier molecular flexibility index (Phi) is 4.73. The fraction of sp³-hybridized carbons (Fsp3) is 0.211. The van der Waals surface area contributed by atoms with Gasteiger partial charge in [-0.15, -0.1) is 0 Å². The van der Waals surface area contributed by atoms with E-state index in [-0.39, 0.29) is 23.2 Å². The molecule has 0 aliphatic rings. The van der Waals surface area contributed by atoms with Gasteiger partial charge in [-0.2, -0.15) is 18.3 Å². The first-order valence-electron chi connectivity index (χ1n) is 8.09. The summed E-state index contributed by atoms with van der Waals surface area (Å²) in [6, 6.07) is 10.4. The molecule has 8 heteroatoms. The number of nitrogens with one attached hydrogen (secondary N) is 1. The average molecular weight is 375 g/mol. The van der Waals surface area contributed by atoms with Crippen molar-refractivity contribution in [1.82, 2.24) is 9.78 Å². The monoisotopic (exact) mass is 375 g/mol. The standard InChI is InChI=1S/C19H16F3N3O2/c1-11-7-8-12(9-15(11)19(20,21)22)23-17(26)10-16-13-5-3-4-6-14(13)18(27)25(2)24-16/h3-9H,10H2,1-2H3,(H,23,26). The Bertz CT molecular complexity index is 1090. The molecule has 2 aromatic carbocycles. The minimum Gasteiger partial charge on any atom is -0.326 e. The molecule has 0 radical (unpaired) electrons. The van der Waals surface area contributed by atoms with E-state index in [1.165, 1.54) is 26.1 Å². The van der Waals surface area contributed by atoms with Gasteiger partial charge in [-0.1, -0.05) is 24.3 Å². The molecular weight excluding hydrogens is 359 g/mol. The van der Waals surface area contributed by atoms with E-state index < -0.39 is 17.6 Å². The number of carbonyl (C=O) groups excluding carboxylic acids is 1. The summed E-state index contributed by atoms with van der Waals surface area (Å²) in [6.07, 6.45) is -4.68. The lowest BCUT2D eigenvalue weighted by atomic mass is 10.1. The van der Waals surface area contributed by atoms with E-state index in [0.717, 1.165) is 10.7 Å². The van der Waals surface area contributed by atoms with Gasteiger partial charge in [-0.3, -0.25) is 9.59 Å². The van der Waals surface area contributed by atoms with E-state index >= 15 is 0 Å². The molecule has 27 heavy (non-hydrogen) atoms. The molecule has 5 nitrogen and oxygen atoms in total. The van der Waals surface area contributed by atoms with Gasteiger partial charge >= 0.3 is 6.18 Å². The lowest BCUT2D eigenvalue weighted by Crippen LogP contribution is -2.24. The van der Waals surface area contributed by atoms with Crippen molar-refractivity contribution in [3.05, 3.63) is 69.6 Å². The first-order valence-corrected chi connectivity index (χ1v) is 8.09. The molecule has 0 aliphatic heterocycles. The van der Waals surface area contributed by atoms with Crippen LogP contribution in [-0.2, 0) is 24.4 Å². The van der Waals surface area contributed by atoms with Crippen LogP contribution in [0.25, 0.3) is 10.8 Å². The van der Waals surface area contributed by atoms with E-state index in [0.29, 0.717) is 16.5 Å². The third-order valence-corrected chi connectivity index (χ3v) is 4.19. The number of anilines is 1. The van der Waals surface area contributed by atoms with Crippen molar-refractivity contribution in [1.29, 1.82) is 0 Å². The first-order chi connectivity index (χ1) is 12.7. The number of rotatable bonds is 3. The summed E-state index contributed by atoms with van der Waals surface area (Å²) in [4.78, 5) is 24.5. The van der Waals surface area contributed by atoms with Crippen LogP contribution in [0, 0.1) is 6.92 Å². The van der Waals surface area contributed by atoms with Crippen molar-refractivity contribution in [2.75, 3.05) is 5.32 Å². The normalized spacial score (nSPS) is 11.6. The van der Waals surface area contributed by atoms with E-state index in [1.54, 1.807) is 24.3 Å². The van der Waals surface area contributed by atoms with Crippen LogP contribution >= 0.6 is 0 Å². The Morgan fingerprint density at radius 1 is 1.15 bits per heavy atom. The lowest BCUT2D eigenvalue weighted by molar-refractivity contribution is -0.138. The molecule has 0 bridgehead atoms. The molecule has 1 heterocycles. The van der Waals surface area contributed by atoms with Crippen molar-refractivity contribution in [3.8, 4) is 0 Å². The third kappa shape index (κ3) is 3.84. The number of hydrogen-bond acceptors (Lipinski definition) is 3. The molecule has 3 rings (SSSR count). The second-order valence-electron chi connectivity index (χ2n) is 6.17. The Morgan fingerprint density at radius 2 is 1.81 bits per heavy atom. The van der Waals surface area contributed by atoms with Crippen LogP contribution in [0.1, 0.15) is 16.8 Å². The van der Waals surface area contributed by atoms with Crippen molar-refractivity contribution in [2.24, 2.45) is 7.05 Å². The highest BCUT2D eigenvalue weighted by molar-refractivity contribution is 5.95. The Hall–Kier alpha value is -3.16. The number of halogens is 3. The van der Waals surface area contributed by atoms with Crippen molar-refractivity contribution >= 4 is 22.4 Å². The van der Waals surface area contributed by atoms with Crippen LogP contribution < -0.4 is 10.9 Å². The number of carbonyl (C=O) groups is 1. The molecule has 140 valence electrons. The van der Waals surface area contributed by atoms with Gasteiger partial charge in [0.1, 0.15) is 0 Å². The second-order valence-corrected chi connectivity index (χ2v) is 6.17. The van der Waals surface area contributed by atoms with E-state index in [4.69, 9.17) is 0 Å². The topological polar surface area (TPSA) is 64.0 Å². The fourth-order valence-corrected chi connectivity index (χ4v) is 2.87. The van der Waals surface area contributed by atoms with Gasteiger partial charge in [0.05, 0.1) is 23.1 Å². The summed E-state index contributed by atoms with van der Waals surface area (Å²) in [5.74, 6) is -0.525. The van der Waals surface area contributed by atoms with Crippen LogP contribution in [0.3, 0.4) is 0 Å². The molecule has 0 saturated carbocycles. The Labute approximate surface area is 152 Å². The van der Waals surface area contributed by atoms with Gasteiger partial charge in [-0.25, -0.2) is 4.68 Å². The molecule has 1 aromatic heterocycles. The number of hydrogen-bond donors (Lipinski definition) is 1. The van der Waals surface area contributed by atoms with Crippen molar-refractivity contribution in [2.45, 2.75) is 19.5 Å². The highest BCUT2D eigenvalue weighted by Gasteiger charge is 2.32. The van der Waals surface area contributed by atoms with Crippen molar-refractivity contribution < 1.29 is 18.0 Å². The molecule has 0 saturated heterocycles. The van der Waals surface area contributed by atoms with Gasteiger partial charge < -0.3 is 5.32 Å². The molecule has 1 N–H and O–H groups in total. The molecule has 1 amide bonds. The van der Waals surface area contributed by atoms with Crippen LogP contribution in [0.15, 0.2) is 47.3 Å². The Balaban J connectivity index is 1.89. The number of alkyl halides is 3. The van der Waals surface area contributed by atoms with E-state index in [1.807, 2.05) is 0 Å². The molecule has 0 spiro atoms. The zero-order chi connectivity index (χ0) is 19.8. The zero-order valence-corrected chi connectivity index (χ0v) is 14.6. The molecule has 3 aromatic rings. The number of aromatic nitrogens is 2. The summed E-state index contributed by atoms with van der Waals surface area (Å²) in [6.45, 7) is 1.36.